The molecule has 27 heavy (non-hydrogen) atoms. The SMILES string of the molecule is CN=C(NCCNC(=O)c1cccc(Br)c1)NCc1ccc(OC)cc1.I. The van der Waals surface area contributed by atoms with E-state index in [0.29, 0.717) is 31.2 Å². The summed E-state index contributed by atoms with van der Waals surface area (Å²) < 4.78 is 6.03. The molecule has 146 valence electrons. The summed E-state index contributed by atoms with van der Waals surface area (Å²) in [5.74, 6) is 1.41. The van der Waals surface area contributed by atoms with E-state index in [-0.39, 0.29) is 29.9 Å². The van der Waals surface area contributed by atoms with Gasteiger partial charge in [0.1, 0.15) is 5.75 Å². The first-order valence-electron chi connectivity index (χ1n) is 8.23. The van der Waals surface area contributed by atoms with Crippen molar-refractivity contribution in [2.24, 2.45) is 4.99 Å². The third-order valence-electron chi connectivity index (χ3n) is 3.63. The van der Waals surface area contributed by atoms with Crippen molar-refractivity contribution in [2.45, 2.75) is 6.54 Å². The summed E-state index contributed by atoms with van der Waals surface area (Å²) in [6.07, 6.45) is 0. The molecule has 0 aliphatic heterocycles. The molecule has 6 nitrogen and oxygen atoms in total. The Bertz CT molecular complexity index is 754. The van der Waals surface area contributed by atoms with Gasteiger partial charge >= 0.3 is 0 Å². The molecule has 0 fully saturated rings. The Hall–Kier alpha value is -1.81. The highest BCUT2D eigenvalue weighted by Crippen LogP contribution is 2.11. The highest BCUT2D eigenvalue weighted by Gasteiger charge is 2.05. The second-order valence-corrected chi connectivity index (χ2v) is 6.38. The van der Waals surface area contributed by atoms with Crippen molar-refractivity contribution in [2.75, 3.05) is 27.2 Å². The number of rotatable bonds is 7. The maximum atomic E-state index is 12.1. The zero-order chi connectivity index (χ0) is 18.8. The van der Waals surface area contributed by atoms with E-state index in [1.807, 2.05) is 36.4 Å². The van der Waals surface area contributed by atoms with Crippen LogP contribution in [0.4, 0.5) is 0 Å². The van der Waals surface area contributed by atoms with E-state index in [1.165, 1.54) is 0 Å². The standard InChI is InChI=1S/C19H23BrN4O2.HI/c1-21-19(24-13-14-6-8-17(26-2)9-7-14)23-11-10-22-18(25)15-4-3-5-16(20)12-15;/h3-9,12H,10-11,13H2,1-2H3,(H,22,25)(H2,21,23,24);1H. The summed E-state index contributed by atoms with van der Waals surface area (Å²) in [7, 11) is 3.36. The summed E-state index contributed by atoms with van der Waals surface area (Å²) in [5.41, 5.74) is 1.75. The minimum Gasteiger partial charge on any atom is -0.497 e. The fraction of sp³-hybridized carbons (Fsp3) is 0.263. The van der Waals surface area contributed by atoms with Gasteiger partial charge in [-0.1, -0.05) is 34.1 Å². The Morgan fingerprint density at radius 2 is 1.78 bits per heavy atom. The molecule has 0 aliphatic carbocycles. The number of amides is 1. The second kappa shape index (κ2) is 12.6. The number of halogens is 2. The van der Waals surface area contributed by atoms with Crippen LogP contribution in [0.3, 0.4) is 0 Å². The lowest BCUT2D eigenvalue weighted by Crippen LogP contribution is -2.41. The Labute approximate surface area is 185 Å². The number of aliphatic imine (C=N–C) groups is 1. The van der Waals surface area contributed by atoms with E-state index in [4.69, 9.17) is 4.74 Å². The Morgan fingerprint density at radius 1 is 1.07 bits per heavy atom. The van der Waals surface area contributed by atoms with Crippen molar-refractivity contribution in [3.8, 4) is 5.75 Å². The van der Waals surface area contributed by atoms with Crippen molar-refractivity contribution in [3.05, 3.63) is 64.1 Å². The van der Waals surface area contributed by atoms with Crippen LogP contribution in [0.5, 0.6) is 5.75 Å². The van der Waals surface area contributed by atoms with Gasteiger partial charge in [-0.3, -0.25) is 9.79 Å². The van der Waals surface area contributed by atoms with Crippen molar-refractivity contribution >= 4 is 51.8 Å². The zero-order valence-corrected chi connectivity index (χ0v) is 19.2. The van der Waals surface area contributed by atoms with E-state index < -0.39 is 0 Å². The molecule has 2 rings (SSSR count). The number of guanidine groups is 1. The number of carbonyl (C=O) groups excluding carboxylic acids is 1. The lowest BCUT2D eigenvalue weighted by molar-refractivity contribution is 0.0954. The molecule has 8 heteroatoms. The first kappa shape index (κ1) is 23.2. The lowest BCUT2D eigenvalue weighted by Gasteiger charge is -2.12. The van der Waals surface area contributed by atoms with Crippen molar-refractivity contribution < 1.29 is 9.53 Å². The van der Waals surface area contributed by atoms with Crippen molar-refractivity contribution in [3.63, 3.8) is 0 Å². The van der Waals surface area contributed by atoms with Crippen LogP contribution in [-0.2, 0) is 6.54 Å². The summed E-state index contributed by atoms with van der Waals surface area (Å²) in [4.78, 5) is 16.2. The molecule has 0 radical (unpaired) electrons. The molecular formula is C19H24BrIN4O2. The number of hydrogen-bond acceptors (Lipinski definition) is 3. The Kier molecular flexibility index (Phi) is 10.8. The molecule has 0 saturated carbocycles. The fourth-order valence-electron chi connectivity index (χ4n) is 2.24. The van der Waals surface area contributed by atoms with Crippen LogP contribution in [0.15, 0.2) is 58.0 Å². The molecule has 0 atom stereocenters. The van der Waals surface area contributed by atoms with Gasteiger partial charge in [0, 0.05) is 36.7 Å². The highest BCUT2D eigenvalue weighted by atomic mass is 127. The normalized spacial score (nSPS) is 10.6. The minimum atomic E-state index is -0.103. The highest BCUT2D eigenvalue weighted by molar-refractivity contribution is 14.0. The van der Waals surface area contributed by atoms with Crippen molar-refractivity contribution in [1.82, 2.24) is 16.0 Å². The summed E-state index contributed by atoms with van der Waals surface area (Å²) in [6, 6.07) is 15.1. The number of methoxy groups -OCH3 is 1. The van der Waals surface area contributed by atoms with Gasteiger partial charge in [0.05, 0.1) is 7.11 Å². The molecule has 0 unspecified atom stereocenters. The smallest absolute Gasteiger partial charge is 0.251 e. The first-order chi connectivity index (χ1) is 12.6. The minimum absolute atomic E-state index is 0. The van der Waals surface area contributed by atoms with Gasteiger partial charge < -0.3 is 20.7 Å². The third kappa shape index (κ3) is 8.17. The van der Waals surface area contributed by atoms with Gasteiger partial charge in [-0.25, -0.2) is 0 Å². The molecule has 0 aliphatic rings. The molecule has 0 saturated heterocycles. The number of nitrogens with zero attached hydrogens (tertiary/aromatic N) is 1. The van der Waals surface area contributed by atoms with Gasteiger partial charge in [0.25, 0.3) is 5.91 Å². The number of ether oxygens (including phenoxy) is 1. The number of carbonyl (C=O) groups is 1. The van der Waals surface area contributed by atoms with Crippen LogP contribution in [0.25, 0.3) is 0 Å². The molecule has 0 spiro atoms. The Morgan fingerprint density at radius 3 is 2.41 bits per heavy atom. The largest absolute Gasteiger partial charge is 0.497 e. The molecular weight excluding hydrogens is 523 g/mol. The van der Waals surface area contributed by atoms with Gasteiger partial charge in [-0.05, 0) is 35.9 Å². The predicted octanol–water partition coefficient (Wildman–Crippen LogP) is 3.17. The van der Waals surface area contributed by atoms with Gasteiger partial charge in [-0.2, -0.15) is 0 Å². The molecule has 2 aromatic rings. The van der Waals surface area contributed by atoms with Crippen LogP contribution >= 0.6 is 39.9 Å². The average molecular weight is 547 g/mol. The molecule has 0 aromatic heterocycles. The topological polar surface area (TPSA) is 74.8 Å². The van der Waals surface area contributed by atoms with Crippen LogP contribution in [-0.4, -0.2) is 39.1 Å². The van der Waals surface area contributed by atoms with Crippen LogP contribution < -0.4 is 20.7 Å². The predicted molar refractivity (Wildman–Crippen MR) is 123 cm³/mol. The average Bonchev–Trinajstić information content (AvgIpc) is 2.67. The van der Waals surface area contributed by atoms with E-state index in [9.17, 15) is 4.79 Å². The maximum absolute atomic E-state index is 12.1. The number of benzene rings is 2. The summed E-state index contributed by atoms with van der Waals surface area (Å²) in [6.45, 7) is 1.71. The van der Waals surface area contributed by atoms with Gasteiger partial charge in [0.15, 0.2) is 5.96 Å². The fourth-order valence-corrected chi connectivity index (χ4v) is 2.64. The zero-order valence-electron chi connectivity index (χ0n) is 15.3. The maximum Gasteiger partial charge on any atom is 0.251 e. The molecule has 3 N–H and O–H groups in total. The molecule has 0 bridgehead atoms. The summed E-state index contributed by atoms with van der Waals surface area (Å²) in [5, 5.41) is 9.27. The van der Waals surface area contributed by atoms with E-state index >= 15 is 0 Å². The van der Waals surface area contributed by atoms with E-state index in [0.717, 1.165) is 15.8 Å². The van der Waals surface area contributed by atoms with E-state index in [2.05, 4.69) is 36.9 Å². The number of nitrogens with one attached hydrogen (secondary N) is 3. The monoisotopic (exact) mass is 546 g/mol. The lowest BCUT2D eigenvalue weighted by atomic mass is 10.2. The van der Waals surface area contributed by atoms with Gasteiger partial charge in [0.2, 0.25) is 0 Å². The molecule has 1 amide bonds. The second-order valence-electron chi connectivity index (χ2n) is 5.47. The van der Waals surface area contributed by atoms with Crippen molar-refractivity contribution in [1.29, 1.82) is 0 Å². The molecule has 2 aromatic carbocycles. The molecule has 0 heterocycles. The third-order valence-corrected chi connectivity index (χ3v) is 4.13. The summed E-state index contributed by atoms with van der Waals surface area (Å²) >= 11 is 3.36. The van der Waals surface area contributed by atoms with E-state index in [1.54, 1.807) is 26.3 Å². The number of hydrogen-bond donors (Lipinski definition) is 3. The quantitative estimate of drug-likeness (QED) is 0.216. The van der Waals surface area contributed by atoms with Crippen LogP contribution in [0, 0.1) is 0 Å². The van der Waals surface area contributed by atoms with Crippen LogP contribution in [0.1, 0.15) is 15.9 Å². The Balaban J connectivity index is 0.00000364. The van der Waals surface area contributed by atoms with Gasteiger partial charge in [-0.15, -0.1) is 24.0 Å². The van der Waals surface area contributed by atoms with Crippen LogP contribution in [0.2, 0.25) is 0 Å². The first-order valence-corrected chi connectivity index (χ1v) is 9.03.